The maximum absolute atomic E-state index is 9.36. The molecule has 1 atom stereocenters. The van der Waals surface area contributed by atoms with Gasteiger partial charge in [-0.2, -0.15) is 5.26 Å². The van der Waals surface area contributed by atoms with E-state index in [0.29, 0.717) is 6.04 Å². The topological polar surface area (TPSA) is 36.3 Å². The van der Waals surface area contributed by atoms with Crippen molar-refractivity contribution in [2.75, 3.05) is 26.0 Å². The van der Waals surface area contributed by atoms with Crippen LogP contribution in [0.25, 0.3) is 0 Å². The van der Waals surface area contributed by atoms with Gasteiger partial charge < -0.3 is 9.64 Å². The molecule has 2 saturated heterocycles. The molecular formula is C15H24N2OS. The van der Waals surface area contributed by atoms with E-state index < -0.39 is 0 Å². The van der Waals surface area contributed by atoms with Crippen LogP contribution in [0.1, 0.15) is 44.9 Å². The van der Waals surface area contributed by atoms with E-state index in [4.69, 9.17) is 4.74 Å². The summed E-state index contributed by atoms with van der Waals surface area (Å²) in [6.45, 7) is 3.12. The minimum atomic E-state index is -0.115. The van der Waals surface area contributed by atoms with Crippen molar-refractivity contribution in [1.82, 2.24) is 4.90 Å². The Hall–Kier alpha value is -0.240. The van der Waals surface area contributed by atoms with E-state index in [-0.39, 0.29) is 10.3 Å². The number of hydrogen-bond donors (Lipinski definition) is 0. The van der Waals surface area contributed by atoms with Crippen LogP contribution in [0, 0.1) is 11.3 Å². The number of likely N-dealkylation sites (tertiary alicyclic amines) is 1. The third-order valence-electron chi connectivity index (χ3n) is 5.45. The summed E-state index contributed by atoms with van der Waals surface area (Å²) in [5.41, 5.74) is 0.242. The quantitative estimate of drug-likeness (QED) is 0.779. The van der Waals surface area contributed by atoms with Gasteiger partial charge in [0, 0.05) is 25.7 Å². The van der Waals surface area contributed by atoms with Crippen molar-refractivity contribution in [2.45, 2.75) is 61.3 Å². The van der Waals surface area contributed by atoms with Crippen molar-refractivity contribution in [3.05, 3.63) is 0 Å². The SMILES string of the molecule is CSC1(C#N)CCN(C2CCOC3(CCC3)C2)CC1. The van der Waals surface area contributed by atoms with Crippen LogP contribution in [0.4, 0.5) is 0 Å². The predicted octanol–water partition coefficient (Wildman–Crippen LogP) is 2.81. The van der Waals surface area contributed by atoms with Crippen LogP contribution in [-0.4, -0.2) is 47.2 Å². The van der Waals surface area contributed by atoms with Gasteiger partial charge in [0.05, 0.1) is 11.7 Å². The number of nitrogens with zero attached hydrogens (tertiary/aromatic N) is 2. The number of hydrogen-bond acceptors (Lipinski definition) is 4. The van der Waals surface area contributed by atoms with Gasteiger partial charge in [-0.1, -0.05) is 0 Å². The van der Waals surface area contributed by atoms with Crippen LogP contribution in [0.5, 0.6) is 0 Å². The summed E-state index contributed by atoms with van der Waals surface area (Å²) in [4.78, 5) is 2.63. The predicted molar refractivity (Wildman–Crippen MR) is 78.2 cm³/mol. The molecule has 0 N–H and O–H groups in total. The second kappa shape index (κ2) is 5.27. The number of thioether (sulfide) groups is 1. The van der Waals surface area contributed by atoms with E-state index in [1.807, 2.05) is 0 Å². The molecule has 0 amide bonds. The van der Waals surface area contributed by atoms with Gasteiger partial charge >= 0.3 is 0 Å². The standard InChI is InChI=1S/C15H24N2OS/c1-19-15(12-16)6-8-17(9-7-15)13-3-10-18-14(11-13)4-2-5-14/h13H,2-11H2,1H3. The van der Waals surface area contributed by atoms with Crippen LogP contribution >= 0.6 is 11.8 Å². The molecule has 3 rings (SSSR count). The second-order valence-electron chi connectivity index (χ2n) is 6.38. The smallest absolute Gasteiger partial charge is 0.104 e. The van der Waals surface area contributed by atoms with E-state index in [0.717, 1.165) is 32.5 Å². The van der Waals surface area contributed by atoms with Crippen molar-refractivity contribution >= 4 is 11.8 Å². The molecule has 0 aromatic rings. The molecule has 0 bridgehead atoms. The van der Waals surface area contributed by atoms with Gasteiger partial charge in [0.2, 0.25) is 0 Å². The van der Waals surface area contributed by atoms with E-state index in [1.165, 1.54) is 32.1 Å². The molecule has 3 aliphatic rings. The zero-order valence-electron chi connectivity index (χ0n) is 11.9. The molecule has 3 fully saturated rings. The minimum absolute atomic E-state index is 0.115. The Kier molecular flexibility index (Phi) is 3.81. The van der Waals surface area contributed by atoms with E-state index in [2.05, 4.69) is 17.2 Å². The Labute approximate surface area is 120 Å². The second-order valence-corrected chi connectivity index (χ2v) is 7.57. The van der Waals surface area contributed by atoms with Crippen LogP contribution in [-0.2, 0) is 4.74 Å². The molecule has 1 spiro atoms. The highest BCUT2D eigenvalue weighted by atomic mass is 32.2. The van der Waals surface area contributed by atoms with Gasteiger partial charge in [0.1, 0.15) is 4.75 Å². The number of nitriles is 1. The first-order valence-electron chi connectivity index (χ1n) is 7.55. The summed E-state index contributed by atoms with van der Waals surface area (Å²) in [7, 11) is 0. The van der Waals surface area contributed by atoms with Gasteiger partial charge in [0.25, 0.3) is 0 Å². The lowest BCUT2D eigenvalue weighted by atomic mass is 9.73. The normalized spacial score (nSPS) is 33.6. The van der Waals surface area contributed by atoms with Crippen molar-refractivity contribution < 1.29 is 4.74 Å². The van der Waals surface area contributed by atoms with Crippen molar-refractivity contribution in [2.24, 2.45) is 0 Å². The molecule has 19 heavy (non-hydrogen) atoms. The van der Waals surface area contributed by atoms with Gasteiger partial charge in [0.15, 0.2) is 0 Å². The van der Waals surface area contributed by atoms with E-state index in [1.54, 1.807) is 11.8 Å². The lowest BCUT2D eigenvalue weighted by Crippen LogP contribution is -2.54. The van der Waals surface area contributed by atoms with Crippen LogP contribution in [0.15, 0.2) is 0 Å². The summed E-state index contributed by atoms with van der Waals surface area (Å²) in [5, 5.41) is 9.36. The number of rotatable bonds is 2. The summed E-state index contributed by atoms with van der Waals surface area (Å²) in [5.74, 6) is 0. The fourth-order valence-electron chi connectivity index (χ4n) is 3.85. The third-order valence-corrected chi connectivity index (χ3v) is 6.73. The molecule has 2 aliphatic heterocycles. The molecule has 0 radical (unpaired) electrons. The Bertz CT molecular complexity index is 367. The largest absolute Gasteiger partial charge is 0.375 e. The first-order chi connectivity index (χ1) is 9.21. The average Bonchev–Trinajstić information content (AvgIpc) is 2.46. The molecule has 0 aromatic carbocycles. The number of piperidine rings is 1. The summed E-state index contributed by atoms with van der Waals surface area (Å²) >= 11 is 1.74. The molecule has 4 heteroatoms. The molecule has 1 unspecified atom stereocenters. The van der Waals surface area contributed by atoms with Crippen LogP contribution in [0.3, 0.4) is 0 Å². The van der Waals surface area contributed by atoms with Gasteiger partial charge in [-0.15, -0.1) is 11.8 Å². The summed E-state index contributed by atoms with van der Waals surface area (Å²) < 4.78 is 5.91. The number of ether oxygens (including phenoxy) is 1. The van der Waals surface area contributed by atoms with Gasteiger partial charge in [-0.25, -0.2) is 0 Å². The minimum Gasteiger partial charge on any atom is -0.375 e. The molecule has 0 aromatic heterocycles. The highest BCUT2D eigenvalue weighted by Gasteiger charge is 2.45. The maximum atomic E-state index is 9.36. The third kappa shape index (κ3) is 2.53. The monoisotopic (exact) mass is 280 g/mol. The highest BCUT2D eigenvalue weighted by Crippen LogP contribution is 2.44. The van der Waals surface area contributed by atoms with Crippen LogP contribution < -0.4 is 0 Å². The summed E-state index contributed by atoms with van der Waals surface area (Å²) in [6.07, 6.45) is 10.4. The molecule has 2 heterocycles. The van der Waals surface area contributed by atoms with Crippen molar-refractivity contribution in [3.8, 4) is 6.07 Å². The Morgan fingerprint density at radius 2 is 2.00 bits per heavy atom. The molecule has 3 nitrogen and oxygen atoms in total. The fraction of sp³-hybridized carbons (Fsp3) is 0.933. The Balaban J connectivity index is 1.58. The van der Waals surface area contributed by atoms with Crippen molar-refractivity contribution in [3.63, 3.8) is 0 Å². The zero-order chi connectivity index (χ0) is 13.3. The zero-order valence-corrected chi connectivity index (χ0v) is 12.7. The fourth-order valence-corrected chi connectivity index (χ4v) is 4.53. The summed E-state index contributed by atoms with van der Waals surface area (Å²) in [6, 6.07) is 3.24. The highest BCUT2D eigenvalue weighted by molar-refractivity contribution is 8.00. The van der Waals surface area contributed by atoms with E-state index in [9.17, 15) is 5.26 Å². The van der Waals surface area contributed by atoms with Gasteiger partial charge in [-0.3, -0.25) is 0 Å². The maximum Gasteiger partial charge on any atom is 0.104 e. The lowest BCUT2D eigenvalue weighted by molar-refractivity contribution is -0.149. The first kappa shape index (κ1) is 13.7. The molecule has 1 saturated carbocycles. The molecule has 1 aliphatic carbocycles. The molecular weight excluding hydrogens is 256 g/mol. The molecule has 106 valence electrons. The average molecular weight is 280 g/mol. The van der Waals surface area contributed by atoms with Crippen LogP contribution in [0.2, 0.25) is 0 Å². The Morgan fingerprint density at radius 3 is 2.53 bits per heavy atom. The van der Waals surface area contributed by atoms with Gasteiger partial charge in [-0.05, 0) is 51.2 Å². The van der Waals surface area contributed by atoms with E-state index >= 15 is 0 Å². The lowest BCUT2D eigenvalue weighted by Gasteiger charge is -2.51. The van der Waals surface area contributed by atoms with Crippen molar-refractivity contribution in [1.29, 1.82) is 5.26 Å². The first-order valence-corrected chi connectivity index (χ1v) is 8.78. The Morgan fingerprint density at radius 1 is 1.26 bits per heavy atom.